The van der Waals surface area contributed by atoms with Crippen molar-refractivity contribution in [2.24, 2.45) is 5.73 Å². The summed E-state index contributed by atoms with van der Waals surface area (Å²) in [5.41, 5.74) is 4.91. The van der Waals surface area contributed by atoms with Crippen LogP contribution in [0.25, 0.3) is 0 Å². The minimum absolute atomic E-state index is 0.454. The second-order valence-corrected chi connectivity index (χ2v) is 2.34. The Bertz CT molecular complexity index is 87.1. The number of rotatable bonds is 4. The Morgan fingerprint density at radius 2 is 1.80 bits per heavy atom. The molecule has 0 amide bonds. The number of hydrogen-bond donors (Lipinski definition) is 4. The van der Waals surface area contributed by atoms with Crippen LogP contribution in [0.4, 0.5) is 0 Å². The van der Waals surface area contributed by atoms with Gasteiger partial charge in [0.25, 0.3) is 0 Å². The molecule has 0 spiro atoms. The number of aliphatic hydroxyl groups excluding tert-OH is 3. The summed E-state index contributed by atoms with van der Waals surface area (Å²) >= 11 is 0. The van der Waals surface area contributed by atoms with Crippen LogP contribution < -0.4 is 5.73 Å². The normalized spacial score (nSPS) is 20.1. The van der Waals surface area contributed by atoms with Gasteiger partial charge in [0.05, 0.1) is 6.10 Å². The van der Waals surface area contributed by atoms with Gasteiger partial charge >= 0.3 is 0 Å². The molecule has 5 N–H and O–H groups in total. The highest BCUT2D eigenvalue weighted by molar-refractivity contribution is 4.69. The van der Waals surface area contributed by atoms with Gasteiger partial charge in [-0.25, -0.2) is 0 Å². The van der Waals surface area contributed by atoms with Gasteiger partial charge in [0, 0.05) is 0 Å². The Morgan fingerprint density at radius 3 is 2.10 bits per heavy atom. The van der Waals surface area contributed by atoms with Crippen molar-refractivity contribution in [2.75, 3.05) is 0 Å². The maximum atomic E-state index is 9.00. The Kier molecular flexibility index (Phi) is 4.55. The smallest absolute Gasteiger partial charge is 0.131 e. The van der Waals surface area contributed by atoms with E-state index >= 15 is 0 Å². The summed E-state index contributed by atoms with van der Waals surface area (Å²) in [4.78, 5) is 0. The Balaban J connectivity index is 3.58. The van der Waals surface area contributed by atoms with Gasteiger partial charge in [0.15, 0.2) is 0 Å². The standard InChI is InChI=1S/C6H15NO3/c1-2-3-4(8)5(9)6(7)10/h4-6,8-10H,2-3,7H2,1H3. The molecule has 3 atom stereocenters. The van der Waals surface area contributed by atoms with E-state index in [4.69, 9.17) is 21.1 Å². The van der Waals surface area contributed by atoms with E-state index < -0.39 is 18.4 Å². The number of hydrogen-bond acceptors (Lipinski definition) is 4. The van der Waals surface area contributed by atoms with Gasteiger partial charge in [0.2, 0.25) is 0 Å². The fraction of sp³-hybridized carbons (Fsp3) is 1.00. The van der Waals surface area contributed by atoms with Crippen LogP contribution in [-0.2, 0) is 0 Å². The molecule has 3 unspecified atom stereocenters. The van der Waals surface area contributed by atoms with Crippen molar-refractivity contribution in [1.82, 2.24) is 0 Å². The summed E-state index contributed by atoms with van der Waals surface area (Å²) in [5, 5.41) is 26.5. The molecule has 4 nitrogen and oxygen atoms in total. The first kappa shape index (κ1) is 9.84. The van der Waals surface area contributed by atoms with Gasteiger partial charge in [-0.1, -0.05) is 13.3 Å². The molecule has 0 aromatic carbocycles. The summed E-state index contributed by atoms with van der Waals surface area (Å²) < 4.78 is 0. The lowest BCUT2D eigenvalue weighted by Gasteiger charge is -2.18. The Labute approximate surface area is 60.3 Å². The molecule has 0 bridgehead atoms. The van der Waals surface area contributed by atoms with Crippen LogP contribution in [0.3, 0.4) is 0 Å². The van der Waals surface area contributed by atoms with E-state index in [0.29, 0.717) is 6.42 Å². The van der Waals surface area contributed by atoms with E-state index in [0.717, 1.165) is 6.42 Å². The molecule has 0 saturated heterocycles. The van der Waals surface area contributed by atoms with Crippen molar-refractivity contribution in [3.63, 3.8) is 0 Å². The molecule has 0 aliphatic carbocycles. The molecule has 0 aliphatic heterocycles. The van der Waals surface area contributed by atoms with Gasteiger partial charge in [0.1, 0.15) is 12.3 Å². The summed E-state index contributed by atoms with van der Waals surface area (Å²) in [7, 11) is 0. The SMILES string of the molecule is CCCC(O)C(O)C(N)O. The largest absolute Gasteiger partial charge is 0.390 e. The molecular weight excluding hydrogens is 134 g/mol. The van der Waals surface area contributed by atoms with Gasteiger partial charge in [-0.05, 0) is 6.42 Å². The highest BCUT2D eigenvalue weighted by atomic mass is 16.4. The lowest BCUT2D eigenvalue weighted by atomic mass is 10.1. The van der Waals surface area contributed by atoms with E-state index in [2.05, 4.69) is 0 Å². The van der Waals surface area contributed by atoms with Crippen LogP contribution >= 0.6 is 0 Å². The zero-order chi connectivity index (χ0) is 8.15. The molecular formula is C6H15NO3. The van der Waals surface area contributed by atoms with Gasteiger partial charge in [-0.15, -0.1) is 0 Å². The van der Waals surface area contributed by atoms with Crippen LogP contribution in [0, 0.1) is 0 Å². The van der Waals surface area contributed by atoms with Crippen molar-refractivity contribution in [1.29, 1.82) is 0 Å². The first-order valence-electron chi connectivity index (χ1n) is 3.39. The number of aliphatic hydroxyl groups is 3. The quantitative estimate of drug-likeness (QED) is 0.378. The molecule has 0 radical (unpaired) electrons. The molecule has 0 aromatic rings. The molecule has 4 heteroatoms. The van der Waals surface area contributed by atoms with Crippen LogP contribution in [0.5, 0.6) is 0 Å². The molecule has 10 heavy (non-hydrogen) atoms. The third-order valence-electron chi connectivity index (χ3n) is 1.33. The third-order valence-corrected chi connectivity index (χ3v) is 1.33. The van der Waals surface area contributed by atoms with Gasteiger partial charge in [-0.3, -0.25) is 0 Å². The second kappa shape index (κ2) is 4.62. The highest BCUT2D eigenvalue weighted by Crippen LogP contribution is 2.02. The maximum Gasteiger partial charge on any atom is 0.131 e. The fourth-order valence-electron chi connectivity index (χ4n) is 0.694. The van der Waals surface area contributed by atoms with Crippen molar-refractivity contribution >= 4 is 0 Å². The predicted molar refractivity (Wildman–Crippen MR) is 37.1 cm³/mol. The van der Waals surface area contributed by atoms with Crippen LogP contribution in [-0.4, -0.2) is 33.8 Å². The topological polar surface area (TPSA) is 86.7 Å². The van der Waals surface area contributed by atoms with Crippen molar-refractivity contribution < 1.29 is 15.3 Å². The van der Waals surface area contributed by atoms with Gasteiger partial charge in [-0.2, -0.15) is 0 Å². The Hall–Kier alpha value is -0.160. The molecule has 0 heterocycles. The average Bonchev–Trinajstić information content (AvgIpc) is 1.87. The van der Waals surface area contributed by atoms with Crippen molar-refractivity contribution in [3.05, 3.63) is 0 Å². The maximum absolute atomic E-state index is 9.00. The molecule has 0 aliphatic rings. The summed E-state index contributed by atoms with van der Waals surface area (Å²) in [6, 6.07) is 0. The lowest BCUT2D eigenvalue weighted by Crippen LogP contribution is -2.42. The molecule has 62 valence electrons. The lowest BCUT2D eigenvalue weighted by molar-refractivity contribution is -0.0589. The van der Waals surface area contributed by atoms with E-state index in [1.807, 2.05) is 6.92 Å². The zero-order valence-corrected chi connectivity index (χ0v) is 6.07. The monoisotopic (exact) mass is 149 g/mol. The van der Waals surface area contributed by atoms with Crippen LogP contribution in [0.2, 0.25) is 0 Å². The molecule has 0 rings (SSSR count). The fourth-order valence-corrected chi connectivity index (χ4v) is 0.694. The summed E-state index contributed by atoms with van der Waals surface area (Å²) in [6.45, 7) is 1.87. The molecule has 0 aromatic heterocycles. The van der Waals surface area contributed by atoms with E-state index in [1.165, 1.54) is 0 Å². The second-order valence-electron chi connectivity index (χ2n) is 2.34. The molecule has 0 fully saturated rings. The Morgan fingerprint density at radius 1 is 1.30 bits per heavy atom. The minimum atomic E-state index is -1.35. The van der Waals surface area contributed by atoms with Crippen LogP contribution in [0.15, 0.2) is 0 Å². The predicted octanol–water partition coefficient (Wildman–Crippen LogP) is -1.21. The third kappa shape index (κ3) is 3.12. The minimum Gasteiger partial charge on any atom is -0.390 e. The highest BCUT2D eigenvalue weighted by Gasteiger charge is 2.19. The van der Waals surface area contributed by atoms with Crippen molar-refractivity contribution in [3.8, 4) is 0 Å². The summed E-state index contributed by atoms with van der Waals surface area (Å²) in [6.07, 6.45) is -2.27. The van der Waals surface area contributed by atoms with E-state index in [9.17, 15) is 0 Å². The number of nitrogens with two attached hydrogens (primary N) is 1. The average molecular weight is 149 g/mol. The van der Waals surface area contributed by atoms with E-state index in [1.54, 1.807) is 0 Å². The first-order chi connectivity index (χ1) is 4.59. The van der Waals surface area contributed by atoms with Gasteiger partial charge < -0.3 is 21.1 Å². The van der Waals surface area contributed by atoms with E-state index in [-0.39, 0.29) is 0 Å². The molecule has 0 saturated carbocycles. The first-order valence-corrected chi connectivity index (χ1v) is 3.39. The van der Waals surface area contributed by atoms with Crippen LogP contribution in [0.1, 0.15) is 19.8 Å². The zero-order valence-electron chi connectivity index (χ0n) is 6.07. The van der Waals surface area contributed by atoms with Crippen molar-refractivity contribution in [2.45, 2.75) is 38.2 Å². The summed E-state index contributed by atoms with van der Waals surface area (Å²) in [5.74, 6) is 0.